The summed E-state index contributed by atoms with van der Waals surface area (Å²) in [4.78, 5) is 14.1. The predicted octanol–water partition coefficient (Wildman–Crippen LogP) is 5.73. The lowest BCUT2D eigenvalue weighted by atomic mass is 10.1. The fourth-order valence-corrected chi connectivity index (χ4v) is 4.59. The lowest BCUT2D eigenvalue weighted by Crippen LogP contribution is -2.36. The molecule has 0 aliphatic carbocycles. The standard InChI is InChI=1S/C29H36N2O2/c1-2-29(32)30-27-16-17-31(22-27)21-24-12-13-26-20-28(15-14-25(26)19-24)33-18-8-4-7-11-23-9-5-3-6-10-23/h3,5-6,9-10,12-15,19-20,27H,2,4,7-8,11,16-18,21-22H2,1H3,(H,30,32). The van der Waals surface area contributed by atoms with Crippen LogP contribution >= 0.6 is 0 Å². The number of carbonyl (C=O) groups excluding carboxylic acids is 1. The Morgan fingerprint density at radius 3 is 2.64 bits per heavy atom. The highest BCUT2D eigenvalue weighted by Crippen LogP contribution is 2.24. The van der Waals surface area contributed by atoms with Crippen molar-refractivity contribution < 1.29 is 9.53 Å². The summed E-state index contributed by atoms with van der Waals surface area (Å²) in [5.74, 6) is 1.10. The number of rotatable bonds is 11. The van der Waals surface area contributed by atoms with E-state index in [1.165, 1.54) is 34.7 Å². The fourth-order valence-electron chi connectivity index (χ4n) is 4.59. The Morgan fingerprint density at radius 2 is 1.79 bits per heavy atom. The molecule has 1 amide bonds. The molecule has 4 nitrogen and oxygen atoms in total. The van der Waals surface area contributed by atoms with Gasteiger partial charge in [-0.2, -0.15) is 0 Å². The molecule has 1 aliphatic heterocycles. The van der Waals surface area contributed by atoms with Gasteiger partial charge in [-0.05, 0) is 72.2 Å². The molecule has 4 heteroatoms. The summed E-state index contributed by atoms with van der Waals surface area (Å²) in [5, 5.41) is 5.59. The van der Waals surface area contributed by atoms with Gasteiger partial charge in [0.25, 0.3) is 0 Å². The highest BCUT2D eigenvalue weighted by atomic mass is 16.5. The molecular weight excluding hydrogens is 408 g/mol. The molecule has 0 aromatic heterocycles. The van der Waals surface area contributed by atoms with Crippen LogP contribution in [0.2, 0.25) is 0 Å². The highest BCUT2D eigenvalue weighted by molar-refractivity contribution is 5.84. The Kier molecular flexibility index (Phi) is 8.37. The summed E-state index contributed by atoms with van der Waals surface area (Å²) in [6.45, 7) is 5.56. The SMILES string of the molecule is CCC(=O)NC1CCN(Cc2ccc3cc(OCCCCCc4ccccc4)ccc3c2)C1. The topological polar surface area (TPSA) is 41.6 Å². The summed E-state index contributed by atoms with van der Waals surface area (Å²) in [6, 6.07) is 24.1. The summed E-state index contributed by atoms with van der Waals surface area (Å²) in [6.07, 6.45) is 6.21. The number of likely N-dealkylation sites (tertiary alicyclic amines) is 1. The summed E-state index contributed by atoms with van der Waals surface area (Å²) in [7, 11) is 0. The number of benzene rings is 3. The number of carbonyl (C=O) groups is 1. The highest BCUT2D eigenvalue weighted by Gasteiger charge is 2.23. The minimum absolute atomic E-state index is 0.151. The molecule has 4 rings (SSSR count). The Bertz CT molecular complexity index is 1030. The van der Waals surface area contributed by atoms with Crippen molar-refractivity contribution in [1.82, 2.24) is 10.2 Å². The van der Waals surface area contributed by atoms with E-state index in [1.807, 2.05) is 6.92 Å². The number of ether oxygens (including phenoxy) is 1. The number of nitrogens with one attached hydrogen (secondary N) is 1. The molecule has 1 heterocycles. The maximum absolute atomic E-state index is 11.6. The summed E-state index contributed by atoms with van der Waals surface area (Å²) in [5.41, 5.74) is 2.73. The molecule has 1 saturated heterocycles. The third-order valence-electron chi connectivity index (χ3n) is 6.46. The maximum atomic E-state index is 11.6. The van der Waals surface area contributed by atoms with Crippen LogP contribution in [0.5, 0.6) is 5.75 Å². The monoisotopic (exact) mass is 444 g/mol. The number of fused-ring (bicyclic) bond motifs is 1. The molecule has 3 aromatic rings. The maximum Gasteiger partial charge on any atom is 0.219 e. The van der Waals surface area contributed by atoms with E-state index in [9.17, 15) is 4.79 Å². The van der Waals surface area contributed by atoms with E-state index < -0.39 is 0 Å². The van der Waals surface area contributed by atoms with Gasteiger partial charge in [0.1, 0.15) is 5.75 Å². The van der Waals surface area contributed by atoms with Crippen LogP contribution in [0, 0.1) is 0 Å². The molecule has 33 heavy (non-hydrogen) atoms. The van der Waals surface area contributed by atoms with Gasteiger partial charge < -0.3 is 10.1 Å². The van der Waals surface area contributed by atoms with Gasteiger partial charge in [0, 0.05) is 32.1 Å². The average molecular weight is 445 g/mol. The van der Waals surface area contributed by atoms with Gasteiger partial charge in [0.15, 0.2) is 0 Å². The van der Waals surface area contributed by atoms with E-state index in [4.69, 9.17) is 4.74 Å². The second kappa shape index (κ2) is 11.9. The molecule has 1 fully saturated rings. The van der Waals surface area contributed by atoms with Gasteiger partial charge >= 0.3 is 0 Å². The van der Waals surface area contributed by atoms with Crippen LogP contribution in [0.25, 0.3) is 10.8 Å². The van der Waals surface area contributed by atoms with Gasteiger partial charge in [-0.25, -0.2) is 0 Å². The minimum atomic E-state index is 0.151. The van der Waals surface area contributed by atoms with Gasteiger partial charge in [0.2, 0.25) is 5.91 Å². The zero-order valence-corrected chi connectivity index (χ0v) is 19.8. The lowest BCUT2D eigenvalue weighted by Gasteiger charge is -2.17. The number of nitrogens with zero attached hydrogens (tertiary/aromatic N) is 1. The van der Waals surface area contributed by atoms with E-state index in [0.29, 0.717) is 6.42 Å². The van der Waals surface area contributed by atoms with Gasteiger partial charge in [0.05, 0.1) is 6.61 Å². The van der Waals surface area contributed by atoms with Gasteiger partial charge in [-0.3, -0.25) is 9.69 Å². The van der Waals surface area contributed by atoms with Crippen molar-refractivity contribution in [2.45, 2.75) is 58.0 Å². The summed E-state index contributed by atoms with van der Waals surface area (Å²) >= 11 is 0. The Morgan fingerprint density at radius 1 is 0.970 bits per heavy atom. The van der Waals surface area contributed by atoms with Gasteiger partial charge in [-0.1, -0.05) is 55.5 Å². The van der Waals surface area contributed by atoms with Crippen molar-refractivity contribution in [3.63, 3.8) is 0 Å². The fraction of sp³-hybridized carbons (Fsp3) is 0.414. The van der Waals surface area contributed by atoms with E-state index in [2.05, 4.69) is 76.9 Å². The normalized spacial score (nSPS) is 16.2. The van der Waals surface area contributed by atoms with Crippen LogP contribution in [0.4, 0.5) is 0 Å². The second-order valence-electron chi connectivity index (χ2n) is 9.13. The summed E-state index contributed by atoms with van der Waals surface area (Å²) < 4.78 is 6.01. The molecule has 0 bridgehead atoms. The zero-order chi connectivity index (χ0) is 22.9. The van der Waals surface area contributed by atoms with Crippen molar-refractivity contribution in [2.24, 2.45) is 0 Å². The first-order valence-electron chi connectivity index (χ1n) is 12.4. The van der Waals surface area contributed by atoms with Crippen LogP contribution in [-0.2, 0) is 17.8 Å². The zero-order valence-electron chi connectivity index (χ0n) is 19.8. The Labute approximate surface area is 197 Å². The molecule has 1 atom stereocenters. The van der Waals surface area contributed by atoms with Crippen LogP contribution in [0.15, 0.2) is 66.7 Å². The van der Waals surface area contributed by atoms with Crippen LogP contribution in [-0.4, -0.2) is 36.5 Å². The van der Waals surface area contributed by atoms with Crippen molar-refractivity contribution in [2.75, 3.05) is 19.7 Å². The van der Waals surface area contributed by atoms with E-state index in [1.54, 1.807) is 0 Å². The third-order valence-corrected chi connectivity index (χ3v) is 6.46. The molecule has 174 valence electrons. The number of hydrogen-bond donors (Lipinski definition) is 1. The largest absolute Gasteiger partial charge is 0.494 e. The van der Waals surface area contributed by atoms with Gasteiger partial charge in [-0.15, -0.1) is 0 Å². The van der Waals surface area contributed by atoms with E-state index in [0.717, 1.165) is 51.3 Å². The number of aryl methyl sites for hydroxylation is 1. The van der Waals surface area contributed by atoms with Crippen LogP contribution in [0.1, 0.15) is 50.2 Å². The smallest absolute Gasteiger partial charge is 0.219 e. The van der Waals surface area contributed by atoms with Crippen LogP contribution < -0.4 is 10.1 Å². The minimum Gasteiger partial charge on any atom is -0.494 e. The first kappa shape index (κ1) is 23.3. The van der Waals surface area contributed by atoms with Crippen molar-refractivity contribution in [1.29, 1.82) is 0 Å². The lowest BCUT2D eigenvalue weighted by molar-refractivity contribution is -0.121. The second-order valence-corrected chi connectivity index (χ2v) is 9.13. The van der Waals surface area contributed by atoms with Crippen molar-refractivity contribution >= 4 is 16.7 Å². The Balaban J connectivity index is 1.21. The number of unbranched alkanes of at least 4 members (excludes halogenated alkanes) is 2. The van der Waals surface area contributed by atoms with Crippen molar-refractivity contribution in [3.05, 3.63) is 77.9 Å². The first-order valence-corrected chi connectivity index (χ1v) is 12.4. The van der Waals surface area contributed by atoms with E-state index >= 15 is 0 Å². The molecule has 3 aromatic carbocycles. The molecular formula is C29H36N2O2. The first-order chi connectivity index (χ1) is 16.2. The Hall–Kier alpha value is -2.85. The molecule has 1 N–H and O–H groups in total. The van der Waals surface area contributed by atoms with Crippen LogP contribution in [0.3, 0.4) is 0 Å². The average Bonchev–Trinajstić information content (AvgIpc) is 3.28. The van der Waals surface area contributed by atoms with Crippen molar-refractivity contribution in [3.8, 4) is 5.75 Å². The number of amides is 1. The molecule has 0 saturated carbocycles. The molecule has 1 aliphatic rings. The van der Waals surface area contributed by atoms with E-state index in [-0.39, 0.29) is 11.9 Å². The predicted molar refractivity (Wildman–Crippen MR) is 136 cm³/mol. The molecule has 0 spiro atoms. The third kappa shape index (κ3) is 7.06. The quantitative estimate of drug-likeness (QED) is 0.384. The number of hydrogen-bond acceptors (Lipinski definition) is 3. The molecule has 1 unspecified atom stereocenters. The molecule has 0 radical (unpaired) electrons.